The van der Waals surface area contributed by atoms with E-state index in [1.807, 2.05) is 0 Å². The Labute approximate surface area is 164 Å². The van der Waals surface area contributed by atoms with Crippen LogP contribution in [0.2, 0.25) is 0 Å². The van der Waals surface area contributed by atoms with Crippen LogP contribution in [0, 0.1) is 0 Å². The molecule has 10 heteroatoms. The number of hydrogen-bond donors (Lipinski definition) is 1. The van der Waals surface area contributed by atoms with Crippen molar-refractivity contribution in [3.8, 4) is 0 Å². The van der Waals surface area contributed by atoms with Crippen molar-refractivity contribution in [1.29, 1.82) is 0 Å². The van der Waals surface area contributed by atoms with Gasteiger partial charge in [0.05, 0.1) is 6.61 Å². The lowest BCUT2D eigenvalue weighted by Gasteiger charge is -2.44. The van der Waals surface area contributed by atoms with Gasteiger partial charge in [0, 0.05) is 13.1 Å². The number of amides is 2. The predicted molar refractivity (Wildman–Crippen MR) is 97.7 cm³/mol. The monoisotopic (exact) mass is 402 g/mol. The SMILES string of the molecule is CCOC(=O)[C@H]1[C@H](C(=O)O)N(C(=O)OC(C)(C)C)CCN1C(=O)OC(C)(C)C. The number of rotatable bonds is 3. The molecule has 1 aliphatic rings. The Hall–Kier alpha value is -2.52. The Kier molecular flexibility index (Phi) is 7.27. The second-order valence-corrected chi connectivity index (χ2v) is 8.33. The number of nitrogens with zero attached hydrogens (tertiary/aromatic N) is 2. The van der Waals surface area contributed by atoms with Crippen molar-refractivity contribution in [3.63, 3.8) is 0 Å². The van der Waals surface area contributed by atoms with Crippen molar-refractivity contribution in [3.05, 3.63) is 0 Å². The summed E-state index contributed by atoms with van der Waals surface area (Å²) in [5.74, 6) is -2.40. The highest BCUT2D eigenvalue weighted by Gasteiger charge is 2.51. The first-order valence-corrected chi connectivity index (χ1v) is 9.06. The fourth-order valence-corrected chi connectivity index (χ4v) is 2.64. The van der Waals surface area contributed by atoms with Crippen LogP contribution in [-0.4, -0.2) is 82.0 Å². The van der Waals surface area contributed by atoms with Crippen LogP contribution in [0.1, 0.15) is 48.5 Å². The largest absolute Gasteiger partial charge is 0.480 e. The zero-order chi connectivity index (χ0) is 21.9. The topological polar surface area (TPSA) is 123 Å². The fourth-order valence-electron chi connectivity index (χ4n) is 2.64. The van der Waals surface area contributed by atoms with Gasteiger partial charge in [0.25, 0.3) is 0 Å². The van der Waals surface area contributed by atoms with Crippen molar-refractivity contribution < 1.29 is 38.5 Å². The maximum absolute atomic E-state index is 12.6. The molecule has 0 saturated carbocycles. The van der Waals surface area contributed by atoms with Gasteiger partial charge in [-0.05, 0) is 48.5 Å². The van der Waals surface area contributed by atoms with E-state index in [0.29, 0.717) is 0 Å². The van der Waals surface area contributed by atoms with Crippen LogP contribution in [0.3, 0.4) is 0 Å². The highest BCUT2D eigenvalue weighted by molar-refractivity contribution is 5.92. The average Bonchev–Trinajstić information content (AvgIpc) is 2.50. The Morgan fingerprint density at radius 1 is 0.857 bits per heavy atom. The van der Waals surface area contributed by atoms with E-state index in [-0.39, 0.29) is 19.7 Å². The van der Waals surface area contributed by atoms with Gasteiger partial charge in [-0.3, -0.25) is 9.80 Å². The summed E-state index contributed by atoms with van der Waals surface area (Å²) in [6, 6.07) is -3.23. The number of hydrogen-bond acceptors (Lipinski definition) is 7. The minimum atomic E-state index is -1.67. The zero-order valence-electron chi connectivity index (χ0n) is 17.5. The first-order chi connectivity index (χ1) is 12.7. The predicted octanol–water partition coefficient (Wildman–Crippen LogP) is 1.86. The summed E-state index contributed by atoms with van der Waals surface area (Å²) < 4.78 is 15.5. The number of ether oxygens (including phenoxy) is 3. The third kappa shape index (κ3) is 6.28. The molecule has 1 rings (SSSR count). The Balaban J connectivity index is 3.28. The summed E-state index contributed by atoms with van der Waals surface area (Å²) in [4.78, 5) is 51.5. The summed E-state index contributed by atoms with van der Waals surface area (Å²) in [5, 5.41) is 9.74. The van der Waals surface area contributed by atoms with E-state index >= 15 is 0 Å². The van der Waals surface area contributed by atoms with Gasteiger partial charge >= 0.3 is 24.1 Å². The number of aliphatic carboxylic acids is 1. The zero-order valence-corrected chi connectivity index (χ0v) is 17.5. The lowest BCUT2D eigenvalue weighted by Crippen LogP contribution is -2.68. The molecule has 0 unspecified atom stereocenters. The molecular weight excluding hydrogens is 372 g/mol. The van der Waals surface area contributed by atoms with Gasteiger partial charge in [-0.25, -0.2) is 19.2 Å². The summed E-state index contributed by atoms with van der Waals surface area (Å²) in [7, 11) is 0. The highest BCUT2D eigenvalue weighted by Crippen LogP contribution is 2.24. The molecule has 0 radical (unpaired) electrons. The Bertz CT molecular complexity index is 620. The molecule has 1 saturated heterocycles. The first kappa shape index (κ1) is 23.5. The fraction of sp³-hybridized carbons (Fsp3) is 0.778. The third-order valence-electron chi connectivity index (χ3n) is 3.59. The molecule has 0 aliphatic carbocycles. The van der Waals surface area contributed by atoms with Crippen molar-refractivity contribution in [2.45, 2.75) is 71.8 Å². The van der Waals surface area contributed by atoms with E-state index in [9.17, 15) is 24.3 Å². The van der Waals surface area contributed by atoms with Crippen molar-refractivity contribution in [2.24, 2.45) is 0 Å². The molecule has 0 aromatic carbocycles. The van der Waals surface area contributed by atoms with E-state index < -0.39 is 47.4 Å². The summed E-state index contributed by atoms with van der Waals surface area (Å²) in [6.07, 6.45) is -1.75. The number of esters is 1. The van der Waals surface area contributed by atoms with Gasteiger partial charge in [-0.1, -0.05) is 0 Å². The number of carboxylic acids is 1. The van der Waals surface area contributed by atoms with E-state index in [4.69, 9.17) is 14.2 Å². The van der Waals surface area contributed by atoms with Crippen LogP contribution in [0.5, 0.6) is 0 Å². The van der Waals surface area contributed by atoms with Crippen LogP contribution in [0.15, 0.2) is 0 Å². The number of carbonyl (C=O) groups excluding carboxylic acids is 3. The molecule has 1 aliphatic heterocycles. The molecule has 160 valence electrons. The Morgan fingerprint density at radius 3 is 1.57 bits per heavy atom. The van der Waals surface area contributed by atoms with Crippen LogP contribution in [-0.2, 0) is 23.8 Å². The average molecular weight is 402 g/mol. The number of carboxylic acid groups (broad SMARTS) is 1. The second-order valence-electron chi connectivity index (χ2n) is 8.33. The first-order valence-electron chi connectivity index (χ1n) is 9.06. The number of carbonyl (C=O) groups is 4. The normalized spacial score (nSPS) is 20.4. The molecule has 10 nitrogen and oxygen atoms in total. The summed E-state index contributed by atoms with van der Waals surface area (Å²) >= 11 is 0. The molecule has 1 N–H and O–H groups in total. The van der Waals surface area contributed by atoms with E-state index in [1.54, 1.807) is 48.5 Å². The molecule has 2 atom stereocenters. The standard InChI is InChI=1S/C18H30N2O8/c1-8-26-14(23)12-11(13(21)22)19(15(24)27-17(2,3)4)9-10-20(12)16(25)28-18(5,6)7/h11-12H,8-10H2,1-7H3,(H,21,22)/t11-,12-/m1/s1. The smallest absolute Gasteiger partial charge is 0.411 e. The lowest BCUT2D eigenvalue weighted by atomic mass is 10.0. The van der Waals surface area contributed by atoms with Gasteiger partial charge < -0.3 is 19.3 Å². The van der Waals surface area contributed by atoms with Crippen molar-refractivity contribution >= 4 is 24.1 Å². The van der Waals surface area contributed by atoms with Crippen molar-refractivity contribution in [1.82, 2.24) is 9.80 Å². The van der Waals surface area contributed by atoms with Crippen molar-refractivity contribution in [2.75, 3.05) is 19.7 Å². The molecule has 28 heavy (non-hydrogen) atoms. The molecule has 0 spiro atoms. The van der Waals surface area contributed by atoms with Crippen LogP contribution >= 0.6 is 0 Å². The summed E-state index contributed by atoms with van der Waals surface area (Å²) in [5.41, 5.74) is -1.71. The maximum atomic E-state index is 12.6. The second kappa shape index (κ2) is 8.66. The quantitative estimate of drug-likeness (QED) is 0.560. The number of piperazine rings is 1. The van der Waals surface area contributed by atoms with Gasteiger partial charge in [0.2, 0.25) is 0 Å². The maximum Gasteiger partial charge on any atom is 0.411 e. The van der Waals surface area contributed by atoms with Gasteiger partial charge in [-0.2, -0.15) is 0 Å². The Morgan fingerprint density at radius 2 is 1.25 bits per heavy atom. The molecule has 0 bridgehead atoms. The molecular formula is C18H30N2O8. The van der Waals surface area contributed by atoms with Gasteiger partial charge in [0.1, 0.15) is 11.2 Å². The van der Waals surface area contributed by atoms with E-state index in [2.05, 4.69) is 0 Å². The van der Waals surface area contributed by atoms with E-state index in [0.717, 1.165) is 9.80 Å². The minimum absolute atomic E-state index is 0.0176. The van der Waals surface area contributed by atoms with Gasteiger partial charge in [-0.15, -0.1) is 0 Å². The molecule has 1 heterocycles. The van der Waals surface area contributed by atoms with Crippen LogP contribution in [0.25, 0.3) is 0 Å². The molecule has 0 aromatic rings. The molecule has 0 aromatic heterocycles. The third-order valence-corrected chi connectivity index (χ3v) is 3.59. The van der Waals surface area contributed by atoms with Crippen LogP contribution in [0.4, 0.5) is 9.59 Å². The van der Waals surface area contributed by atoms with Crippen LogP contribution < -0.4 is 0 Å². The molecule has 2 amide bonds. The summed E-state index contributed by atoms with van der Waals surface area (Å²) in [6.45, 7) is 11.2. The highest BCUT2D eigenvalue weighted by atomic mass is 16.6. The van der Waals surface area contributed by atoms with E-state index in [1.165, 1.54) is 0 Å². The lowest BCUT2D eigenvalue weighted by molar-refractivity contribution is -0.163. The molecule has 1 fully saturated rings. The van der Waals surface area contributed by atoms with Gasteiger partial charge in [0.15, 0.2) is 12.1 Å². The minimum Gasteiger partial charge on any atom is -0.480 e.